The number of hydrogen-bond acceptors (Lipinski definition) is 4. The van der Waals surface area contributed by atoms with Gasteiger partial charge >= 0.3 is 0 Å². The summed E-state index contributed by atoms with van der Waals surface area (Å²) in [7, 11) is 0. The summed E-state index contributed by atoms with van der Waals surface area (Å²) in [6.45, 7) is 2.63. The van der Waals surface area contributed by atoms with Gasteiger partial charge in [-0.15, -0.1) is 0 Å². The van der Waals surface area contributed by atoms with Crippen LogP contribution in [-0.2, 0) is 6.42 Å². The van der Waals surface area contributed by atoms with Crippen molar-refractivity contribution >= 4 is 28.6 Å². The van der Waals surface area contributed by atoms with Gasteiger partial charge in [-0.1, -0.05) is 23.7 Å². The van der Waals surface area contributed by atoms with Crippen molar-refractivity contribution in [2.75, 3.05) is 11.9 Å². The number of aryl methyl sites for hydroxylation is 1. The molecule has 6 nitrogen and oxygen atoms in total. The number of nitrogens with one attached hydrogen (secondary N) is 3. The molecule has 0 aliphatic rings. The van der Waals surface area contributed by atoms with Crippen molar-refractivity contribution in [1.29, 1.82) is 0 Å². The van der Waals surface area contributed by atoms with Crippen LogP contribution in [0.25, 0.3) is 11.0 Å². The number of aromatic nitrogens is 4. The minimum Gasteiger partial charge on any atom is -0.355 e. The number of fused-ring (bicyclic) bond motifs is 1. The van der Waals surface area contributed by atoms with Gasteiger partial charge in [-0.3, -0.25) is 14.9 Å². The van der Waals surface area contributed by atoms with Crippen LogP contribution < -0.4 is 10.9 Å². The van der Waals surface area contributed by atoms with Crippen LogP contribution in [0.4, 0.5) is 5.95 Å². The van der Waals surface area contributed by atoms with Crippen molar-refractivity contribution in [3.05, 3.63) is 50.9 Å². The van der Waals surface area contributed by atoms with E-state index in [0.29, 0.717) is 23.5 Å². The highest BCUT2D eigenvalue weighted by Gasteiger charge is 2.05. The van der Waals surface area contributed by atoms with Gasteiger partial charge in [-0.05, 0) is 30.5 Å². The molecule has 0 atom stereocenters. The van der Waals surface area contributed by atoms with Gasteiger partial charge in [-0.2, -0.15) is 10.1 Å². The molecule has 3 aromatic rings. The van der Waals surface area contributed by atoms with Crippen LogP contribution in [-0.4, -0.2) is 26.7 Å². The zero-order chi connectivity index (χ0) is 14.8. The lowest BCUT2D eigenvalue weighted by Gasteiger charge is -2.06. The molecule has 0 saturated carbocycles. The molecule has 0 fully saturated rings. The fraction of sp³-hybridized carbons (Fsp3) is 0.214. The zero-order valence-corrected chi connectivity index (χ0v) is 12.2. The van der Waals surface area contributed by atoms with Gasteiger partial charge < -0.3 is 5.32 Å². The van der Waals surface area contributed by atoms with E-state index < -0.39 is 0 Å². The van der Waals surface area contributed by atoms with Crippen molar-refractivity contribution in [1.82, 2.24) is 20.2 Å². The first kappa shape index (κ1) is 13.6. The number of H-pyrrole nitrogens is 2. The number of hydrogen-bond donors (Lipinski definition) is 3. The first-order chi connectivity index (χ1) is 10.1. The molecule has 108 valence electrons. The Balaban J connectivity index is 1.68. The second-order valence-electron chi connectivity index (χ2n) is 4.81. The standard InChI is InChI=1S/C14H14ClN5O/c1-8-6-9(2-3-11(8)15)4-5-16-14-18-12-10(7-17-20-12)13(21)19-14/h2-3,6-7H,4-5H2,1H3,(H3,16,17,18,19,20,21). The molecule has 3 rings (SSSR count). The third-order valence-electron chi connectivity index (χ3n) is 3.25. The number of benzene rings is 1. The summed E-state index contributed by atoms with van der Waals surface area (Å²) in [6, 6.07) is 5.94. The summed E-state index contributed by atoms with van der Waals surface area (Å²) in [6.07, 6.45) is 2.27. The Hall–Kier alpha value is -2.34. The molecular formula is C14H14ClN5O. The number of halogens is 1. The van der Waals surface area contributed by atoms with Crippen molar-refractivity contribution in [3.8, 4) is 0 Å². The Morgan fingerprint density at radius 1 is 1.38 bits per heavy atom. The maximum absolute atomic E-state index is 11.8. The van der Waals surface area contributed by atoms with Crippen LogP contribution in [0.15, 0.2) is 29.2 Å². The Labute approximate surface area is 125 Å². The monoisotopic (exact) mass is 303 g/mol. The molecule has 2 heterocycles. The fourth-order valence-corrected chi connectivity index (χ4v) is 2.23. The van der Waals surface area contributed by atoms with E-state index in [9.17, 15) is 4.79 Å². The Morgan fingerprint density at radius 3 is 3.05 bits per heavy atom. The predicted molar refractivity (Wildman–Crippen MR) is 82.9 cm³/mol. The van der Waals surface area contributed by atoms with Gasteiger partial charge in [0.15, 0.2) is 5.65 Å². The third-order valence-corrected chi connectivity index (χ3v) is 3.67. The fourth-order valence-electron chi connectivity index (χ4n) is 2.12. The normalized spacial score (nSPS) is 11.0. The van der Waals surface area contributed by atoms with E-state index in [1.807, 2.05) is 19.1 Å². The number of rotatable bonds is 4. The summed E-state index contributed by atoms with van der Waals surface area (Å²) in [5.41, 5.74) is 2.50. The first-order valence-corrected chi connectivity index (χ1v) is 6.93. The van der Waals surface area contributed by atoms with Crippen LogP contribution in [0.3, 0.4) is 0 Å². The third kappa shape index (κ3) is 2.90. The smallest absolute Gasteiger partial charge is 0.263 e. The molecule has 0 unspecified atom stereocenters. The molecule has 0 saturated heterocycles. The molecule has 0 bridgehead atoms. The van der Waals surface area contributed by atoms with E-state index >= 15 is 0 Å². The van der Waals surface area contributed by atoms with Gasteiger partial charge in [0.2, 0.25) is 5.95 Å². The number of nitrogens with zero attached hydrogens (tertiary/aromatic N) is 2. The van der Waals surface area contributed by atoms with Gasteiger partial charge in [0.1, 0.15) is 5.39 Å². The molecule has 1 aromatic carbocycles. The van der Waals surface area contributed by atoms with Crippen LogP contribution in [0.1, 0.15) is 11.1 Å². The average Bonchev–Trinajstić information content (AvgIpc) is 2.92. The second kappa shape index (κ2) is 5.57. The lowest BCUT2D eigenvalue weighted by atomic mass is 10.1. The van der Waals surface area contributed by atoms with E-state index in [-0.39, 0.29) is 5.56 Å². The maximum atomic E-state index is 11.8. The highest BCUT2D eigenvalue weighted by Crippen LogP contribution is 2.16. The van der Waals surface area contributed by atoms with Gasteiger partial charge in [-0.25, -0.2) is 0 Å². The minimum atomic E-state index is -0.210. The lowest BCUT2D eigenvalue weighted by Crippen LogP contribution is -2.14. The van der Waals surface area contributed by atoms with E-state index in [0.717, 1.165) is 17.0 Å². The van der Waals surface area contributed by atoms with Gasteiger partial charge in [0.25, 0.3) is 5.56 Å². The Morgan fingerprint density at radius 2 is 2.24 bits per heavy atom. The van der Waals surface area contributed by atoms with Crippen LogP contribution in [0, 0.1) is 6.92 Å². The quantitative estimate of drug-likeness (QED) is 0.690. The summed E-state index contributed by atoms with van der Waals surface area (Å²) in [5.74, 6) is 0.433. The predicted octanol–water partition coefficient (Wildman–Crippen LogP) is 2.26. The molecule has 7 heteroatoms. The van der Waals surface area contributed by atoms with Crippen LogP contribution in [0.5, 0.6) is 0 Å². The van der Waals surface area contributed by atoms with Gasteiger partial charge in [0.05, 0.1) is 6.20 Å². The molecule has 0 aliphatic carbocycles. The van der Waals surface area contributed by atoms with Crippen LogP contribution in [0.2, 0.25) is 5.02 Å². The highest BCUT2D eigenvalue weighted by molar-refractivity contribution is 6.31. The van der Waals surface area contributed by atoms with E-state index in [4.69, 9.17) is 11.6 Å². The van der Waals surface area contributed by atoms with Gasteiger partial charge in [0, 0.05) is 11.6 Å². The zero-order valence-electron chi connectivity index (χ0n) is 11.4. The Kier molecular flexibility index (Phi) is 3.62. The molecule has 0 spiro atoms. The average molecular weight is 304 g/mol. The van der Waals surface area contributed by atoms with Crippen molar-refractivity contribution in [2.45, 2.75) is 13.3 Å². The van der Waals surface area contributed by atoms with Crippen molar-refractivity contribution < 1.29 is 0 Å². The topological polar surface area (TPSA) is 86.5 Å². The molecule has 2 aromatic heterocycles. The van der Waals surface area contributed by atoms with Crippen molar-refractivity contribution in [2.24, 2.45) is 0 Å². The summed E-state index contributed by atoms with van der Waals surface area (Å²) < 4.78 is 0. The molecule has 0 radical (unpaired) electrons. The molecule has 21 heavy (non-hydrogen) atoms. The lowest BCUT2D eigenvalue weighted by molar-refractivity contribution is 0.979. The number of anilines is 1. The van der Waals surface area contributed by atoms with Crippen molar-refractivity contribution in [3.63, 3.8) is 0 Å². The van der Waals surface area contributed by atoms with Crippen LogP contribution >= 0.6 is 11.6 Å². The number of aromatic amines is 2. The Bertz CT molecular complexity index is 839. The minimum absolute atomic E-state index is 0.210. The maximum Gasteiger partial charge on any atom is 0.263 e. The SMILES string of the molecule is Cc1cc(CCNc2nc3[nH]ncc3c(=O)[nH]2)ccc1Cl. The summed E-state index contributed by atoms with van der Waals surface area (Å²) >= 11 is 6.00. The largest absolute Gasteiger partial charge is 0.355 e. The first-order valence-electron chi connectivity index (χ1n) is 6.56. The molecule has 0 aliphatic heterocycles. The summed E-state index contributed by atoms with van der Waals surface area (Å²) in [5, 5.41) is 10.8. The summed E-state index contributed by atoms with van der Waals surface area (Å²) in [4.78, 5) is 18.7. The van der Waals surface area contributed by atoms with E-state index in [1.165, 1.54) is 11.8 Å². The highest BCUT2D eigenvalue weighted by atomic mass is 35.5. The molecule has 3 N–H and O–H groups in total. The van der Waals surface area contributed by atoms with E-state index in [1.54, 1.807) is 0 Å². The van der Waals surface area contributed by atoms with E-state index in [2.05, 4.69) is 31.5 Å². The second-order valence-corrected chi connectivity index (χ2v) is 5.21. The molecule has 0 amide bonds. The molecular weight excluding hydrogens is 290 g/mol.